The standard InChI is InChI=1S/C19H15ClF3N3O/c1-11-17(18(20)26(24-11)14-6-4-13(21)5-7-14)19(27)25(2)10-12-3-8-15(22)16(23)9-12/h3-9H,10H2,1-2H3. The lowest BCUT2D eigenvalue weighted by Crippen LogP contribution is -2.27. The minimum Gasteiger partial charge on any atom is -0.337 e. The zero-order valence-corrected chi connectivity index (χ0v) is 15.3. The molecule has 0 fully saturated rings. The third-order valence-corrected chi connectivity index (χ3v) is 4.39. The largest absolute Gasteiger partial charge is 0.337 e. The molecule has 140 valence electrons. The Balaban J connectivity index is 1.87. The number of carbonyl (C=O) groups excluding carboxylic acids is 1. The van der Waals surface area contributed by atoms with Gasteiger partial charge in [0.2, 0.25) is 0 Å². The van der Waals surface area contributed by atoms with E-state index in [1.54, 1.807) is 6.92 Å². The Kier molecular flexibility index (Phi) is 5.23. The first-order valence-corrected chi connectivity index (χ1v) is 8.36. The molecule has 0 unspecified atom stereocenters. The van der Waals surface area contributed by atoms with Crippen molar-refractivity contribution >= 4 is 17.5 Å². The fourth-order valence-corrected chi connectivity index (χ4v) is 3.02. The number of carbonyl (C=O) groups is 1. The Morgan fingerprint density at radius 3 is 2.41 bits per heavy atom. The fourth-order valence-electron chi connectivity index (χ4n) is 2.67. The third kappa shape index (κ3) is 3.83. The van der Waals surface area contributed by atoms with Crippen molar-refractivity contribution in [3.63, 3.8) is 0 Å². The van der Waals surface area contributed by atoms with Crippen LogP contribution in [0.5, 0.6) is 0 Å². The van der Waals surface area contributed by atoms with Gasteiger partial charge in [0.1, 0.15) is 11.0 Å². The lowest BCUT2D eigenvalue weighted by molar-refractivity contribution is 0.0784. The fraction of sp³-hybridized carbons (Fsp3) is 0.158. The van der Waals surface area contributed by atoms with Crippen molar-refractivity contribution in [3.05, 3.63) is 81.9 Å². The van der Waals surface area contributed by atoms with Gasteiger partial charge in [0.05, 0.1) is 16.9 Å². The minimum absolute atomic E-state index is 0.0630. The molecule has 8 heteroatoms. The van der Waals surface area contributed by atoms with Gasteiger partial charge in [-0.3, -0.25) is 4.79 Å². The van der Waals surface area contributed by atoms with E-state index < -0.39 is 23.4 Å². The molecule has 1 aromatic heterocycles. The number of aryl methyl sites for hydroxylation is 1. The van der Waals surface area contributed by atoms with Crippen LogP contribution < -0.4 is 0 Å². The molecule has 27 heavy (non-hydrogen) atoms. The van der Waals surface area contributed by atoms with Crippen LogP contribution in [0.2, 0.25) is 5.15 Å². The van der Waals surface area contributed by atoms with E-state index in [0.717, 1.165) is 12.1 Å². The summed E-state index contributed by atoms with van der Waals surface area (Å²) in [6.45, 7) is 1.69. The molecule has 0 N–H and O–H groups in total. The maximum atomic E-state index is 13.4. The van der Waals surface area contributed by atoms with Crippen molar-refractivity contribution in [2.45, 2.75) is 13.5 Å². The van der Waals surface area contributed by atoms with Crippen LogP contribution in [0.15, 0.2) is 42.5 Å². The second-order valence-electron chi connectivity index (χ2n) is 6.05. The van der Waals surface area contributed by atoms with E-state index >= 15 is 0 Å². The Morgan fingerprint density at radius 2 is 1.78 bits per heavy atom. The molecule has 2 aromatic carbocycles. The highest BCUT2D eigenvalue weighted by atomic mass is 35.5. The van der Waals surface area contributed by atoms with Crippen LogP contribution in [0, 0.1) is 24.4 Å². The molecule has 1 amide bonds. The third-order valence-electron chi connectivity index (χ3n) is 4.04. The van der Waals surface area contributed by atoms with Crippen molar-refractivity contribution in [1.82, 2.24) is 14.7 Å². The quantitative estimate of drug-likeness (QED) is 0.653. The zero-order chi connectivity index (χ0) is 19.7. The predicted molar refractivity (Wildman–Crippen MR) is 95.4 cm³/mol. The highest BCUT2D eigenvalue weighted by Gasteiger charge is 2.24. The van der Waals surface area contributed by atoms with E-state index in [-0.39, 0.29) is 17.3 Å². The summed E-state index contributed by atoms with van der Waals surface area (Å²) in [7, 11) is 1.52. The van der Waals surface area contributed by atoms with Gasteiger partial charge in [-0.1, -0.05) is 17.7 Å². The van der Waals surface area contributed by atoms with Gasteiger partial charge in [-0.2, -0.15) is 5.10 Å². The molecular formula is C19H15ClF3N3O. The molecule has 0 aliphatic rings. The summed E-state index contributed by atoms with van der Waals surface area (Å²) in [6.07, 6.45) is 0. The maximum Gasteiger partial charge on any atom is 0.258 e. The predicted octanol–water partition coefficient (Wildman–Crippen LogP) is 4.52. The van der Waals surface area contributed by atoms with Gasteiger partial charge >= 0.3 is 0 Å². The van der Waals surface area contributed by atoms with E-state index in [9.17, 15) is 18.0 Å². The number of nitrogens with zero attached hydrogens (tertiary/aromatic N) is 3. The molecule has 1 heterocycles. The van der Waals surface area contributed by atoms with E-state index in [4.69, 9.17) is 11.6 Å². The Labute approximate surface area is 158 Å². The van der Waals surface area contributed by atoms with Crippen molar-refractivity contribution in [1.29, 1.82) is 0 Å². The smallest absolute Gasteiger partial charge is 0.258 e. The molecule has 0 bridgehead atoms. The molecule has 0 saturated carbocycles. The number of hydrogen-bond donors (Lipinski definition) is 0. The monoisotopic (exact) mass is 393 g/mol. The van der Waals surface area contributed by atoms with E-state index in [1.807, 2.05) is 0 Å². The summed E-state index contributed by atoms with van der Waals surface area (Å²) in [5.41, 5.74) is 1.52. The van der Waals surface area contributed by atoms with Gasteiger partial charge in [0.25, 0.3) is 5.91 Å². The van der Waals surface area contributed by atoms with Crippen molar-refractivity contribution in [2.24, 2.45) is 0 Å². The number of aromatic nitrogens is 2. The number of halogens is 4. The van der Waals surface area contributed by atoms with E-state index in [1.165, 1.54) is 47.0 Å². The maximum absolute atomic E-state index is 13.4. The summed E-state index contributed by atoms with van der Waals surface area (Å²) < 4.78 is 40.9. The molecule has 0 radical (unpaired) electrons. The van der Waals surface area contributed by atoms with E-state index in [2.05, 4.69) is 5.10 Å². The molecule has 0 aliphatic heterocycles. The van der Waals surface area contributed by atoms with Crippen LogP contribution in [0.1, 0.15) is 21.6 Å². The molecule has 0 atom stereocenters. The topological polar surface area (TPSA) is 38.1 Å². The lowest BCUT2D eigenvalue weighted by atomic mass is 10.2. The highest BCUT2D eigenvalue weighted by Crippen LogP contribution is 2.25. The van der Waals surface area contributed by atoms with Gasteiger partial charge in [0, 0.05) is 13.6 Å². The van der Waals surface area contributed by atoms with Crippen molar-refractivity contribution in [3.8, 4) is 5.69 Å². The van der Waals surface area contributed by atoms with Crippen molar-refractivity contribution < 1.29 is 18.0 Å². The Morgan fingerprint density at radius 1 is 1.11 bits per heavy atom. The van der Waals surface area contributed by atoms with Crippen LogP contribution in [0.4, 0.5) is 13.2 Å². The summed E-state index contributed by atoms with van der Waals surface area (Å²) in [5.74, 6) is -2.75. The SMILES string of the molecule is Cc1nn(-c2ccc(F)cc2)c(Cl)c1C(=O)N(C)Cc1ccc(F)c(F)c1. The van der Waals surface area contributed by atoms with Crippen LogP contribution >= 0.6 is 11.6 Å². The number of amides is 1. The second-order valence-corrected chi connectivity index (χ2v) is 6.41. The second kappa shape index (κ2) is 7.44. The lowest BCUT2D eigenvalue weighted by Gasteiger charge is -2.17. The summed E-state index contributed by atoms with van der Waals surface area (Å²) in [5, 5.41) is 4.34. The van der Waals surface area contributed by atoms with Crippen LogP contribution in [0.3, 0.4) is 0 Å². The summed E-state index contributed by atoms with van der Waals surface area (Å²) in [6, 6.07) is 8.96. The summed E-state index contributed by atoms with van der Waals surface area (Å²) >= 11 is 6.34. The molecule has 3 aromatic rings. The average molecular weight is 394 g/mol. The van der Waals surface area contributed by atoms with Crippen LogP contribution in [0.25, 0.3) is 5.69 Å². The first-order valence-electron chi connectivity index (χ1n) is 7.98. The van der Waals surface area contributed by atoms with Crippen LogP contribution in [-0.4, -0.2) is 27.6 Å². The van der Waals surface area contributed by atoms with Gasteiger partial charge in [-0.25, -0.2) is 17.9 Å². The summed E-state index contributed by atoms with van der Waals surface area (Å²) in [4.78, 5) is 14.1. The van der Waals surface area contributed by atoms with Gasteiger partial charge in [0.15, 0.2) is 11.6 Å². The Bertz CT molecular complexity index is 1000. The molecule has 0 spiro atoms. The first kappa shape index (κ1) is 19.0. The number of hydrogen-bond acceptors (Lipinski definition) is 2. The van der Waals surface area contributed by atoms with Gasteiger partial charge < -0.3 is 4.90 Å². The first-order chi connectivity index (χ1) is 12.8. The number of benzene rings is 2. The molecule has 4 nitrogen and oxygen atoms in total. The zero-order valence-electron chi connectivity index (χ0n) is 14.5. The van der Waals surface area contributed by atoms with Crippen LogP contribution in [-0.2, 0) is 6.54 Å². The molecule has 0 aliphatic carbocycles. The highest BCUT2D eigenvalue weighted by molar-refractivity contribution is 6.33. The molecule has 3 rings (SSSR count). The number of rotatable bonds is 4. The van der Waals surface area contributed by atoms with Crippen molar-refractivity contribution in [2.75, 3.05) is 7.05 Å². The minimum atomic E-state index is -0.980. The average Bonchev–Trinajstić information content (AvgIpc) is 2.92. The van der Waals surface area contributed by atoms with Gasteiger partial charge in [-0.15, -0.1) is 0 Å². The van der Waals surface area contributed by atoms with E-state index in [0.29, 0.717) is 16.9 Å². The normalized spacial score (nSPS) is 10.9. The molecular weight excluding hydrogens is 379 g/mol. The Hall–Kier alpha value is -2.80. The molecule has 0 saturated heterocycles. The van der Waals surface area contributed by atoms with Gasteiger partial charge in [-0.05, 0) is 48.9 Å².